The lowest BCUT2D eigenvalue weighted by atomic mass is 10.1. The second-order valence-corrected chi connectivity index (χ2v) is 5.72. The van der Waals surface area contributed by atoms with Crippen molar-refractivity contribution >= 4 is 23.4 Å². The van der Waals surface area contributed by atoms with Gasteiger partial charge in [0.25, 0.3) is 0 Å². The van der Waals surface area contributed by atoms with Crippen LogP contribution in [0.5, 0.6) is 0 Å². The maximum absolute atomic E-state index is 9.98. The van der Waals surface area contributed by atoms with E-state index in [1.165, 1.54) is 0 Å². The molecular formula is C13H17ClN2OS. The number of halogens is 1. The Morgan fingerprint density at radius 2 is 2.28 bits per heavy atom. The third-order valence-corrected chi connectivity index (χ3v) is 3.72. The average Bonchev–Trinajstić information content (AvgIpc) is 2.31. The zero-order valence-electron chi connectivity index (χ0n) is 10.5. The van der Waals surface area contributed by atoms with E-state index >= 15 is 0 Å². The summed E-state index contributed by atoms with van der Waals surface area (Å²) in [5.74, 6) is 0.682. The lowest BCUT2D eigenvalue weighted by Crippen LogP contribution is -2.39. The molecule has 3 nitrogen and oxygen atoms in total. The summed E-state index contributed by atoms with van der Waals surface area (Å²) in [6.07, 6.45) is 1.96. The number of benzene rings is 1. The van der Waals surface area contributed by atoms with Gasteiger partial charge in [0.2, 0.25) is 0 Å². The molecule has 1 aromatic carbocycles. The second kappa shape index (κ2) is 7.01. The molecule has 0 fully saturated rings. The minimum Gasteiger partial charge on any atom is -0.388 e. The van der Waals surface area contributed by atoms with Crippen LogP contribution < -0.4 is 5.32 Å². The van der Waals surface area contributed by atoms with Gasteiger partial charge in [-0.05, 0) is 30.9 Å². The van der Waals surface area contributed by atoms with Crippen molar-refractivity contribution in [3.63, 3.8) is 0 Å². The van der Waals surface area contributed by atoms with E-state index in [1.807, 2.05) is 18.4 Å². The molecule has 0 saturated carbocycles. The van der Waals surface area contributed by atoms with Gasteiger partial charge in [-0.2, -0.15) is 17.0 Å². The molecular weight excluding hydrogens is 268 g/mol. The predicted octanol–water partition coefficient (Wildman–Crippen LogP) is 2.42. The molecule has 0 radical (unpaired) electrons. The summed E-state index contributed by atoms with van der Waals surface area (Å²) in [5.41, 5.74) is 0.757. The molecule has 98 valence electrons. The van der Waals surface area contributed by atoms with E-state index in [2.05, 4.69) is 5.32 Å². The SMILES string of the molecule is CSCC(C)(O)CNCc1ccc(C#N)cc1Cl. The third kappa shape index (κ3) is 4.87. The lowest BCUT2D eigenvalue weighted by Gasteiger charge is -2.22. The molecule has 1 atom stereocenters. The molecule has 0 spiro atoms. The van der Waals surface area contributed by atoms with Gasteiger partial charge in [-0.3, -0.25) is 0 Å². The van der Waals surface area contributed by atoms with Crippen molar-refractivity contribution in [2.45, 2.75) is 19.1 Å². The van der Waals surface area contributed by atoms with Crippen molar-refractivity contribution in [2.24, 2.45) is 0 Å². The Morgan fingerprint density at radius 1 is 1.56 bits per heavy atom. The summed E-state index contributed by atoms with van der Waals surface area (Å²) in [4.78, 5) is 0. The highest BCUT2D eigenvalue weighted by atomic mass is 35.5. The molecule has 18 heavy (non-hydrogen) atoms. The van der Waals surface area contributed by atoms with E-state index in [-0.39, 0.29) is 0 Å². The van der Waals surface area contributed by atoms with Crippen molar-refractivity contribution in [3.05, 3.63) is 34.3 Å². The summed E-state index contributed by atoms with van der Waals surface area (Å²) in [6.45, 7) is 2.89. The van der Waals surface area contributed by atoms with Crippen LogP contribution in [0.2, 0.25) is 5.02 Å². The molecule has 0 aliphatic rings. The topological polar surface area (TPSA) is 56.0 Å². The molecule has 0 bridgehead atoms. The summed E-state index contributed by atoms with van der Waals surface area (Å²) in [7, 11) is 0. The quantitative estimate of drug-likeness (QED) is 0.842. The van der Waals surface area contributed by atoms with Gasteiger partial charge in [-0.25, -0.2) is 0 Å². The van der Waals surface area contributed by atoms with Crippen LogP contribution >= 0.6 is 23.4 Å². The van der Waals surface area contributed by atoms with E-state index < -0.39 is 5.60 Å². The van der Waals surface area contributed by atoms with Crippen LogP contribution in [0, 0.1) is 11.3 Å². The standard InChI is InChI=1S/C13H17ClN2OS/c1-13(17,9-18-2)8-16-7-11-4-3-10(6-15)5-12(11)14/h3-5,16-17H,7-9H2,1-2H3. The van der Waals surface area contributed by atoms with Gasteiger partial charge < -0.3 is 10.4 Å². The minimum absolute atomic E-state index is 0.504. The molecule has 0 aromatic heterocycles. The van der Waals surface area contributed by atoms with Crippen molar-refractivity contribution in [1.29, 1.82) is 5.26 Å². The first kappa shape index (κ1) is 15.3. The summed E-state index contributed by atoms with van der Waals surface area (Å²) >= 11 is 7.67. The molecule has 5 heteroatoms. The van der Waals surface area contributed by atoms with Crippen molar-refractivity contribution in [2.75, 3.05) is 18.6 Å². The fraction of sp³-hybridized carbons (Fsp3) is 0.462. The normalized spacial score (nSPS) is 13.9. The molecule has 0 aliphatic carbocycles. The average molecular weight is 285 g/mol. The van der Waals surface area contributed by atoms with E-state index in [4.69, 9.17) is 16.9 Å². The van der Waals surface area contributed by atoms with Crippen molar-refractivity contribution < 1.29 is 5.11 Å². The van der Waals surface area contributed by atoms with Gasteiger partial charge >= 0.3 is 0 Å². The fourth-order valence-electron chi connectivity index (χ4n) is 1.59. The molecule has 0 heterocycles. The molecule has 1 rings (SSSR count). The molecule has 2 N–H and O–H groups in total. The number of hydrogen-bond acceptors (Lipinski definition) is 4. The number of nitriles is 1. The van der Waals surface area contributed by atoms with Crippen LogP contribution in [-0.2, 0) is 6.54 Å². The smallest absolute Gasteiger partial charge is 0.0992 e. The van der Waals surface area contributed by atoms with Gasteiger partial charge in [0.1, 0.15) is 0 Å². The highest BCUT2D eigenvalue weighted by molar-refractivity contribution is 7.98. The highest BCUT2D eigenvalue weighted by Gasteiger charge is 2.18. The Kier molecular flexibility index (Phi) is 5.97. The first-order valence-electron chi connectivity index (χ1n) is 5.59. The van der Waals surface area contributed by atoms with Gasteiger partial charge in [-0.1, -0.05) is 17.7 Å². The maximum Gasteiger partial charge on any atom is 0.0992 e. The molecule has 0 amide bonds. The van der Waals surface area contributed by atoms with Gasteiger partial charge in [0.15, 0.2) is 0 Å². The van der Waals surface area contributed by atoms with E-state index in [9.17, 15) is 5.11 Å². The largest absolute Gasteiger partial charge is 0.388 e. The zero-order valence-corrected chi connectivity index (χ0v) is 12.1. The van der Waals surface area contributed by atoms with Crippen molar-refractivity contribution in [3.8, 4) is 6.07 Å². The van der Waals surface area contributed by atoms with Gasteiger partial charge in [0.05, 0.1) is 17.2 Å². The number of hydrogen-bond donors (Lipinski definition) is 2. The zero-order chi connectivity index (χ0) is 13.6. The number of aliphatic hydroxyl groups is 1. The highest BCUT2D eigenvalue weighted by Crippen LogP contribution is 2.17. The van der Waals surface area contributed by atoms with Crippen LogP contribution in [0.1, 0.15) is 18.1 Å². The second-order valence-electron chi connectivity index (χ2n) is 4.45. The summed E-state index contributed by atoms with van der Waals surface area (Å²) in [5, 5.41) is 22.5. The summed E-state index contributed by atoms with van der Waals surface area (Å²) < 4.78 is 0. The minimum atomic E-state index is -0.724. The van der Waals surface area contributed by atoms with Crippen LogP contribution in [0.4, 0.5) is 0 Å². The lowest BCUT2D eigenvalue weighted by molar-refractivity contribution is 0.0846. The van der Waals surface area contributed by atoms with Crippen LogP contribution in [0.25, 0.3) is 0 Å². The van der Waals surface area contributed by atoms with E-state index in [0.29, 0.717) is 29.4 Å². The first-order valence-corrected chi connectivity index (χ1v) is 7.36. The Balaban J connectivity index is 2.52. The molecule has 1 unspecified atom stereocenters. The Labute approximate surface area is 117 Å². The monoisotopic (exact) mass is 284 g/mol. The van der Waals surface area contributed by atoms with Gasteiger partial charge in [-0.15, -0.1) is 0 Å². The van der Waals surface area contributed by atoms with Gasteiger partial charge in [0, 0.05) is 23.9 Å². The Morgan fingerprint density at radius 3 is 2.83 bits per heavy atom. The predicted molar refractivity (Wildman–Crippen MR) is 76.9 cm³/mol. The van der Waals surface area contributed by atoms with E-state index in [1.54, 1.807) is 30.8 Å². The van der Waals surface area contributed by atoms with E-state index in [0.717, 1.165) is 5.56 Å². The number of nitrogens with one attached hydrogen (secondary N) is 1. The van der Waals surface area contributed by atoms with Crippen LogP contribution in [-0.4, -0.2) is 29.3 Å². The summed E-state index contributed by atoms with van der Waals surface area (Å²) in [6, 6.07) is 7.27. The van der Waals surface area contributed by atoms with Crippen LogP contribution in [0.3, 0.4) is 0 Å². The Bertz CT molecular complexity index is 443. The van der Waals surface area contributed by atoms with Crippen molar-refractivity contribution in [1.82, 2.24) is 5.32 Å². The third-order valence-electron chi connectivity index (χ3n) is 2.46. The Hall–Kier alpha value is -0.730. The number of nitrogens with zero attached hydrogens (tertiary/aromatic N) is 1. The molecule has 0 aliphatic heterocycles. The number of thioether (sulfide) groups is 1. The maximum atomic E-state index is 9.98. The first-order chi connectivity index (χ1) is 8.48. The fourth-order valence-corrected chi connectivity index (χ4v) is 2.56. The molecule has 1 aromatic rings. The number of rotatable bonds is 6. The van der Waals surface area contributed by atoms with Crippen LogP contribution in [0.15, 0.2) is 18.2 Å². The molecule has 0 saturated heterocycles.